The van der Waals surface area contributed by atoms with Gasteiger partial charge in [0.15, 0.2) is 0 Å². The van der Waals surface area contributed by atoms with Crippen LogP contribution in [0.25, 0.3) is 0 Å². The van der Waals surface area contributed by atoms with Crippen LogP contribution in [-0.2, 0) is 4.79 Å². The van der Waals surface area contributed by atoms with Gasteiger partial charge in [-0.05, 0) is 39.8 Å². The molecule has 0 radical (unpaired) electrons. The number of amides is 1. The summed E-state index contributed by atoms with van der Waals surface area (Å²) in [5.41, 5.74) is 3.83. The Morgan fingerprint density at radius 1 is 1.37 bits per heavy atom. The van der Waals surface area contributed by atoms with Gasteiger partial charge in [0.1, 0.15) is 5.75 Å². The fraction of sp³-hybridized carbons (Fsp3) is 0.400. The molecule has 4 heteroatoms. The molecule has 1 aromatic rings. The van der Waals surface area contributed by atoms with Gasteiger partial charge in [0.2, 0.25) is 5.91 Å². The van der Waals surface area contributed by atoms with Crippen LogP contribution < -0.4 is 15.2 Å². The predicted molar refractivity (Wildman–Crippen MR) is 75.7 cm³/mol. The highest BCUT2D eigenvalue weighted by atomic mass is 16.5. The monoisotopic (exact) mass is 260 g/mol. The van der Waals surface area contributed by atoms with Crippen LogP contribution in [0.15, 0.2) is 36.5 Å². The summed E-state index contributed by atoms with van der Waals surface area (Å²) in [7, 11) is 0. The average molecular weight is 260 g/mol. The largest absolute Gasteiger partial charge is 0.491 e. The van der Waals surface area contributed by atoms with E-state index in [4.69, 9.17) is 4.74 Å². The van der Waals surface area contributed by atoms with E-state index in [1.165, 1.54) is 0 Å². The van der Waals surface area contributed by atoms with E-state index in [1.807, 2.05) is 52.0 Å². The first kappa shape index (κ1) is 13.5. The first-order chi connectivity index (χ1) is 8.82. The van der Waals surface area contributed by atoms with Crippen LogP contribution in [0.2, 0.25) is 0 Å². The lowest BCUT2D eigenvalue weighted by Crippen LogP contribution is -2.32. The fourth-order valence-corrected chi connectivity index (χ4v) is 1.91. The molecule has 4 nitrogen and oxygen atoms in total. The Bertz CT molecular complexity index is 521. The van der Waals surface area contributed by atoms with E-state index >= 15 is 0 Å². The lowest BCUT2D eigenvalue weighted by molar-refractivity contribution is -0.125. The van der Waals surface area contributed by atoms with Crippen molar-refractivity contribution in [1.29, 1.82) is 0 Å². The number of anilines is 1. The third-order valence-electron chi connectivity index (χ3n) is 3.22. The molecule has 1 fully saturated rings. The standard InChI is InChI=1S/C15H20N2O2/c1-10(2)19-13-8-6-7-12(9-13)17-11(3)15(4,5)14(18)16-17/h6-10H,3H2,1-2,4-5H3,(H,16,18). The van der Waals surface area contributed by atoms with E-state index in [0.717, 1.165) is 17.1 Å². The number of hydrogen-bond donors (Lipinski definition) is 1. The Balaban J connectivity index is 2.28. The zero-order chi connectivity index (χ0) is 14.2. The number of benzene rings is 1. The summed E-state index contributed by atoms with van der Waals surface area (Å²) in [6.45, 7) is 11.7. The highest BCUT2D eigenvalue weighted by Gasteiger charge is 2.42. The second kappa shape index (κ2) is 4.61. The summed E-state index contributed by atoms with van der Waals surface area (Å²) in [5.74, 6) is 0.729. The molecule has 0 bridgehead atoms. The minimum atomic E-state index is -0.588. The summed E-state index contributed by atoms with van der Waals surface area (Å²) < 4.78 is 5.66. The van der Waals surface area contributed by atoms with Crippen molar-refractivity contribution in [2.75, 3.05) is 5.01 Å². The minimum Gasteiger partial charge on any atom is -0.491 e. The molecule has 0 spiro atoms. The van der Waals surface area contributed by atoms with Gasteiger partial charge in [0, 0.05) is 11.8 Å². The highest BCUT2D eigenvalue weighted by Crippen LogP contribution is 2.36. The molecule has 1 aliphatic heterocycles. The van der Waals surface area contributed by atoms with Crippen molar-refractivity contribution in [3.63, 3.8) is 0 Å². The molecule has 1 N–H and O–H groups in total. The van der Waals surface area contributed by atoms with E-state index < -0.39 is 5.41 Å². The van der Waals surface area contributed by atoms with Crippen molar-refractivity contribution < 1.29 is 9.53 Å². The minimum absolute atomic E-state index is 0.0484. The van der Waals surface area contributed by atoms with E-state index in [0.29, 0.717) is 0 Å². The molecule has 0 unspecified atom stereocenters. The van der Waals surface area contributed by atoms with Crippen molar-refractivity contribution in [3.05, 3.63) is 36.5 Å². The van der Waals surface area contributed by atoms with Crippen molar-refractivity contribution in [1.82, 2.24) is 5.43 Å². The lowest BCUT2D eigenvalue weighted by Gasteiger charge is -2.22. The zero-order valence-corrected chi connectivity index (χ0v) is 11.9. The second-order valence-electron chi connectivity index (χ2n) is 5.51. The van der Waals surface area contributed by atoms with Crippen LogP contribution in [0.5, 0.6) is 5.75 Å². The number of hydrogen-bond acceptors (Lipinski definition) is 3. The molecule has 102 valence electrons. The first-order valence-electron chi connectivity index (χ1n) is 6.39. The van der Waals surface area contributed by atoms with Gasteiger partial charge in [-0.2, -0.15) is 0 Å². The third-order valence-corrected chi connectivity index (χ3v) is 3.22. The van der Waals surface area contributed by atoms with Gasteiger partial charge >= 0.3 is 0 Å². The Kier molecular flexibility index (Phi) is 3.27. The number of carbonyl (C=O) groups is 1. The fourth-order valence-electron chi connectivity index (χ4n) is 1.91. The molecule has 1 saturated heterocycles. The van der Waals surface area contributed by atoms with Crippen molar-refractivity contribution >= 4 is 11.6 Å². The number of rotatable bonds is 3. The molecule has 1 aromatic carbocycles. The van der Waals surface area contributed by atoms with Crippen LogP contribution in [0.1, 0.15) is 27.7 Å². The van der Waals surface area contributed by atoms with Crippen LogP contribution in [0.4, 0.5) is 5.69 Å². The molecule has 1 amide bonds. The van der Waals surface area contributed by atoms with Gasteiger partial charge < -0.3 is 4.74 Å². The zero-order valence-electron chi connectivity index (χ0n) is 11.9. The number of hydrazine groups is 1. The van der Waals surface area contributed by atoms with E-state index in [-0.39, 0.29) is 12.0 Å². The summed E-state index contributed by atoms with van der Waals surface area (Å²) in [4.78, 5) is 11.9. The molecule has 1 aliphatic rings. The Hall–Kier alpha value is -1.97. The maximum Gasteiger partial charge on any atom is 0.250 e. The second-order valence-corrected chi connectivity index (χ2v) is 5.51. The van der Waals surface area contributed by atoms with Gasteiger partial charge in [-0.3, -0.25) is 15.2 Å². The molecule has 0 aromatic heterocycles. The van der Waals surface area contributed by atoms with Gasteiger partial charge in [-0.15, -0.1) is 0 Å². The van der Waals surface area contributed by atoms with Crippen LogP contribution >= 0.6 is 0 Å². The molecular weight excluding hydrogens is 240 g/mol. The maximum absolute atomic E-state index is 11.9. The lowest BCUT2D eigenvalue weighted by atomic mass is 9.90. The quantitative estimate of drug-likeness (QED) is 0.908. The molecule has 1 heterocycles. The van der Waals surface area contributed by atoms with E-state index in [1.54, 1.807) is 5.01 Å². The average Bonchev–Trinajstić information content (AvgIpc) is 2.52. The van der Waals surface area contributed by atoms with Crippen molar-refractivity contribution in [2.24, 2.45) is 5.41 Å². The van der Waals surface area contributed by atoms with Crippen LogP contribution in [-0.4, -0.2) is 12.0 Å². The molecule has 0 atom stereocenters. The molecule has 0 aliphatic carbocycles. The first-order valence-corrected chi connectivity index (χ1v) is 6.39. The van der Waals surface area contributed by atoms with Gasteiger partial charge in [-0.1, -0.05) is 12.6 Å². The SMILES string of the molecule is C=C1N(c2cccc(OC(C)C)c2)NC(=O)C1(C)C. The summed E-state index contributed by atoms with van der Waals surface area (Å²) in [6.07, 6.45) is 0.114. The summed E-state index contributed by atoms with van der Waals surface area (Å²) in [6, 6.07) is 7.61. The number of carbonyl (C=O) groups excluding carboxylic acids is 1. The summed E-state index contributed by atoms with van der Waals surface area (Å²) in [5, 5.41) is 1.72. The summed E-state index contributed by atoms with van der Waals surface area (Å²) >= 11 is 0. The molecule has 19 heavy (non-hydrogen) atoms. The van der Waals surface area contributed by atoms with Crippen LogP contribution in [0.3, 0.4) is 0 Å². The van der Waals surface area contributed by atoms with E-state index in [9.17, 15) is 4.79 Å². The highest BCUT2D eigenvalue weighted by molar-refractivity contribution is 5.92. The Labute approximate surface area is 114 Å². The molecule has 2 rings (SSSR count). The Morgan fingerprint density at radius 2 is 2.05 bits per heavy atom. The predicted octanol–water partition coefficient (Wildman–Crippen LogP) is 2.86. The van der Waals surface area contributed by atoms with E-state index in [2.05, 4.69) is 12.0 Å². The van der Waals surface area contributed by atoms with Gasteiger partial charge in [0.25, 0.3) is 0 Å². The third kappa shape index (κ3) is 2.43. The van der Waals surface area contributed by atoms with Gasteiger partial charge in [-0.25, -0.2) is 0 Å². The smallest absolute Gasteiger partial charge is 0.250 e. The molecule has 0 saturated carbocycles. The maximum atomic E-state index is 11.9. The van der Waals surface area contributed by atoms with Crippen molar-refractivity contribution in [3.8, 4) is 5.75 Å². The number of nitrogens with one attached hydrogen (secondary N) is 1. The molecular formula is C15H20N2O2. The topological polar surface area (TPSA) is 41.6 Å². The number of nitrogens with zero attached hydrogens (tertiary/aromatic N) is 1. The number of ether oxygens (including phenoxy) is 1. The Morgan fingerprint density at radius 3 is 2.58 bits per heavy atom. The van der Waals surface area contributed by atoms with Crippen molar-refractivity contribution in [2.45, 2.75) is 33.8 Å². The van der Waals surface area contributed by atoms with Gasteiger partial charge in [0.05, 0.1) is 17.2 Å². The van der Waals surface area contributed by atoms with Crippen LogP contribution in [0, 0.1) is 5.41 Å². The normalized spacial score (nSPS) is 17.8.